The van der Waals surface area contributed by atoms with E-state index in [2.05, 4.69) is 33.1 Å². The Morgan fingerprint density at radius 2 is 1.08 bits per heavy atom. The highest BCUT2D eigenvalue weighted by atomic mass is 32.1. The molecule has 0 aliphatic carbocycles. The van der Waals surface area contributed by atoms with Gasteiger partial charge < -0.3 is 16.0 Å². The normalized spacial score (nSPS) is 24.7. The fraction of sp³-hybridized carbons (Fsp3) is 1.00. The van der Waals surface area contributed by atoms with Crippen LogP contribution in [0.2, 0.25) is 0 Å². The molecular weight excluding hydrogens is 184 g/mol. The van der Waals surface area contributed by atoms with Crippen molar-refractivity contribution in [1.82, 2.24) is 20.3 Å². The quantitative estimate of drug-likeness (QED) is 0.379. The molecular formula is C8H20N4S. The molecule has 0 radical (unpaired) electrons. The van der Waals surface area contributed by atoms with Crippen LogP contribution in [0.15, 0.2) is 0 Å². The van der Waals surface area contributed by atoms with E-state index in [0.29, 0.717) is 0 Å². The molecule has 0 unspecified atom stereocenters. The summed E-state index contributed by atoms with van der Waals surface area (Å²) in [4.78, 5) is 0. The predicted molar refractivity (Wildman–Crippen MR) is 59.2 cm³/mol. The minimum atomic E-state index is 1.00. The Bertz CT molecular complexity index is 111. The van der Waals surface area contributed by atoms with Gasteiger partial charge in [0.2, 0.25) is 0 Å². The van der Waals surface area contributed by atoms with E-state index in [1.807, 2.05) is 0 Å². The third kappa shape index (κ3) is 6.29. The van der Waals surface area contributed by atoms with Crippen molar-refractivity contribution in [1.29, 1.82) is 0 Å². The highest BCUT2D eigenvalue weighted by Gasteiger charge is 1.99. The van der Waals surface area contributed by atoms with E-state index in [1.54, 1.807) is 0 Å². The van der Waals surface area contributed by atoms with E-state index in [9.17, 15) is 0 Å². The van der Waals surface area contributed by atoms with Crippen LogP contribution in [-0.2, 0) is 0 Å². The zero-order valence-corrected chi connectivity index (χ0v) is 8.95. The zero-order chi connectivity index (χ0) is 9.36. The van der Waals surface area contributed by atoms with Gasteiger partial charge in [-0.15, -0.1) is 0 Å². The van der Waals surface area contributed by atoms with Crippen molar-refractivity contribution in [2.45, 2.75) is 0 Å². The first-order valence-corrected chi connectivity index (χ1v) is 5.35. The van der Waals surface area contributed by atoms with Crippen LogP contribution >= 0.6 is 12.8 Å². The Hall–Kier alpha value is 0.190. The molecule has 0 atom stereocenters. The van der Waals surface area contributed by atoms with Gasteiger partial charge in [-0.1, -0.05) is 12.8 Å². The van der Waals surface area contributed by atoms with Crippen molar-refractivity contribution in [3.63, 3.8) is 0 Å². The molecule has 0 saturated carbocycles. The van der Waals surface area contributed by atoms with Gasteiger partial charge in [-0.2, -0.15) is 0 Å². The van der Waals surface area contributed by atoms with Crippen LogP contribution in [0, 0.1) is 0 Å². The van der Waals surface area contributed by atoms with Gasteiger partial charge in [-0.3, -0.25) is 4.31 Å². The van der Waals surface area contributed by atoms with Crippen molar-refractivity contribution in [3.05, 3.63) is 0 Å². The van der Waals surface area contributed by atoms with Crippen LogP contribution in [0.25, 0.3) is 0 Å². The summed E-state index contributed by atoms with van der Waals surface area (Å²) >= 11 is 4.36. The van der Waals surface area contributed by atoms with Crippen LogP contribution in [-0.4, -0.2) is 56.7 Å². The van der Waals surface area contributed by atoms with Gasteiger partial charge in [0.25, 0.3) is 0 Å². The Kier molecular flexibility index (Phi) is 6.57. The molecule has 13 heavy (non-hydrogen) atoms. The van der Waals surface area contributed by atoms with Crippen LogP contribution in [0.3, 0.4) is 0 Å². The average molecular weight is 204 g/mol. The molecule has 1 rings (SSSR count). The van der Waals surface area contributed by atoms with Crippen LogP contribution < -0.4 is 16.0 Å². The van der Waals surface area contributed by atoms with Gasteiger partial charge in [0.1, 0.15) is 0 Å². The molecule has 1 saturated heterocycles. The molecule has 78 valence electrons. The van der Waals surface area contributed by atoms with E-state index in [1.165, 1.54) is 0 Å². The molecule has 0 spiro atoms. The van der Waals surface area contributed by atoms with Crippen LogP contribution in [0.4, 0.5) is 0 Å². The highest BCUT2D eigenvalue weighted by molar-refractivity contribution is 7.77. The lowest BCUT2D eigenvalue weighted by Gasteiger charge is -2.17. The molecule has 1 aliphatic heterocycles. The van der Waals surface area contributed by atoms with Crippen molar-refractivity contribution in [2.75, 3.05) is 52.4 Å². The molecule has 1 fully saturated rings. The van der Waals surface area contributed by atoms with Crippen molar-refractivity contribution in [2.24, 2.45) is 0 Å². The summed E-state index contributed by atoms with van der Waals surface area (Å²) in [5, 5.41) is 10.1. The molecule has 1 heterocycles. The fourth-order valence-corrected chi connectivity index (χ4v) is 1.46. The maximum Gasteiger partial charge on any atom is 0.0213 e. The summed E-state index contributed by atoms with van der Waals surface area (Å²) < 4.78 is 2.05. The number of nitrogens with one attached hydrogen (secondary N) is 3. The van der Waals surface area contributed by atoms with Crippen molar-refractivity contribution < 1.29 is 0 Å². The maximum atomic E-state index is 4.36. The summed E-state index contributed by atoms with van der Waals surface area (Å²) in [6.45, 7) is 8.23. The molecule has 0 aromatic carbocycles. The first-order valence-electron chi connectivity index (χ1n) is 4.95. The minimum Gasteiger partial charge on any atom is -0.314 e. The van der Waals surface area contributed by atoms with Gasteiger partial charge in [0.15, 0.2) is 0 Å². The van der Waals surface area contributed by atoms with E-state index < -0.39 is 0 Å². The standard InChI is InChI=1S/C8H20N4S/c13-12-7-5-10-3-1-9-2-4-11-6-8-12/h9-11,13H,1-8H2. The number of rotatable bonds is 0. The molecule has 5 heteroatoms. The number of hydrogen-bond acceptors (Lipinski definition) is 5. The van der Waals surface area contributed by atoms with Gasteiger partial charge in [0.05, 0.1) is 0 Å². The second-order valence-corrected chi connectivity index (χ2v) is 3.77. The van der Waals surface area contributed by atoms with Gasteiger partial charge >= 0.3 is 0 Å². The largest absolute Gasteiger partial charge is 0.314 e. The molecule has 3 N–H and O–H groups in total. The second kappa shape index (κ2) is 7.58. The first-order chi connectivity index (χ1) is 6.39. The summed E-state index contributed by atoms with van der Waals surface area (Å²) in [7, 11) is 0. The Labute approximate surface area is 86.0 Å². The highest BCUT2D eigenvalue weighted by Crippen LogP contribution is 1.89. The first kappa shape index (κ1) is 11.3. The summed E-state index contributed by atoms with van der Waals surface area (Å²) in [6.07, 6.45) is 0. The fourth-order valence-electron chi connectivity index (χ4n) is 1.26. The second-order valence-electron chi connectivity index (χ2n) is 3.20. The minimum absolute atomic E-state index is 1.00. The van der Waals surface area contributed by atoms with E-state index >= 15 is 0 Å². The van der Waals surface area contributed by atoms with Gasteiger partial charge in [-0.05, 0) is 0 Å². The van der Waals surface area contributed by atoms with Crippen LogP contribution in [0.1, 0.15) is 0 Å². The molecule has 0 amide bonds. The zero-order valence-electron chi connectivity index (χ0n) is 8.05. The third-order valence-electron chi connectivity index (χ3n) is 2.05. The molecule has 0 aromatic rings. The van der Waals surface area contributed by atoms with Crippen molar-refractivity contribution >= 4 is 12.8 Å². The smallest absolute Gasteiger partial charge is 0.0213 e. The summed E-state index contributed by atoms with van der Waals surface area (Å²) in [5.41, 5.74) is 0. The molecule has 0 bridgehead atoms. The van der Waals surface area contributed by atoms with Gasteiger partial charge in [0, 0.05) is 52.4 Å². The van der Waals surface area contributed by atoms with Crippen molar-refractivity contribution in [3.8, 4) is 0 Å². The molecule has 4 nitrogen and oxygen atoms in total. The summed E-state index contributed by atoms with van der Waals surface area (Å²) in [5.74, 6) is 0. The number of thiol groups is 1. The monoisotopic (exact) mass is 204 g/mol. The SMILES string of the molecule is SN1CCNCCNCCNCC1. The summed E-state index contributed by atoms with van der Waals surface area (Å²) in [6, 6.07) is 0. The van der Waals surface area contributed by atoms with E-state index in [4.69, 9.17) is 0 Å². The van der Waals surface area contributed by atoms with Crippen LogP contribution in [0.5, 0.6) is 0 Å². The molecule has 0 aromatic heterocycles. The number of hydrogen-bond donors (Lipinski definition) is 4. The lowest BCUT2D eigenvalue weighted by molar-refractivity contribution is 0.437. The number of nitrogens with zero attached hydrogens (tertiary/aromatic N) is 1. The maximum absolute atomic E-state index is 4.36. The Balaban J connectivity index is 2.11. The van der Waals surface area contributed by atoms with E-state index in [0.717, 1.165) is 52.4 Å². The topological polar surface area (TPSA) is 39.3 Å². The Morgan fingerprint density at radius 1 is 0.692 bits per heavy atom. The average Bonchev–Trinajstić information content (AvgIpc) is 2.11. The third-order valence-corrected chi connectivity index (χ3v) is 2.45. The molecule has 1 aliphatic rings. The van der Waals surface area contributed by atoms with Gasteiger partial charge in [-0.25, -0.2) is 0 Å². The Morgan fingerprint density at radius 3 is 1.54 bits per heavy atom. The lowest BCUT2D eigenvalue weighted by Crippen LogP contribution is -2.39. The van der Waals surface area contributed by atoms with E-state index in [-0.39, 0.29) is 0 Å². The predicted octanol–water partition coefficient (Wildman–Crippen LogP) is -1.08. The lowest BCUT2D eigenvalue weighted by atomic mass is 10.4.